The quantitative estimate of drug-likeness (QED) is 0.229. The Kier molecular flexibility index (Phi) is 7.49. The van der Waals surface area contributed by atoms with Crippen LogP contribution in [0.15, 0.2) is 51.8 Å². The highest BCUT2D eigenvalue weighted by Crippen LogP contribution is 2.36. The standard InChI is InChI=1S/C24H23BrN2O5S/c25-20-12-17(9-10-21(20)32-15-18-7-4-8-19(11-18)27(30)31)13-22-23(28)26(24(29)33-22)14-16-5-2-1-3-6-16/h4,7-13,16H,1-3,5-6,14-15H2/b22-13+. The lowest BCUT2D eigenvalue weighted by Crippen LogP contribution is -2.34. The van der Waals surface area contributed by atoms with Crippen LogP contribution in [0.1, 0.15) is 43.2 Å². The summed E-state index contributed by atoms with van der Waals surface area (Å²) < 4.78 is 6.48. The largest absolute Gasteiger partial charge is 0.488 e. The molecule has 0 radical (unpaired) electrons. The molecule has 33 heavy (non-hydrogen) atoms. The number of nitrogens with zero attached hydrogens (tertiary/aromatic N) is 2. The van der Waals surface area contributed by atoms with Crippen LogP contribution in [0.2, 0.25) is 0 Å². The lowest BCUT2D eigenvalue weighted by molar-refractivity contribution is -0.384. The molecule has 1 aliphatic carbocycles. The molecule has 2 aliphatic rings. The molecule has 9 heteroatoms. The number of non-ortho nitro benzene ring substituents is 1. The highest BCUT2D eigenvalue weighted by molar-refractivity contribution is 9.10. The van der Waals surface area contributed by atoms with Gasteiger partial charge < -0.3 is 4.74 Å². The summed E-state index contributed by atoms with van der Waals surface area (Å²) >= 11 is 4.46. The fraction of sp³-hybridized carbons (Fsp3) is 0.333. The molecule has 4 rings (SSSR count). The van der Waals surface area contributed by atoms with E-state index >= 15 is 0 Å². The fourth-order valence-electron chi connectivity index (χ4n) is 4.08. The summed E-state index contributed by atoms with van der Waals surface area (Å²) in [6.45, 7) is 0.690. The molecule has 2 aromatic carbocycles. The zero-order chi connectivity index (χ0) is 23.4. The number of nitro benzene ring substituents is 1. The van der Waals surface area contributed by atoms with Crippen molar-refractivity contribution in [3.05, 3.63) is 73.1 Å². The van der Waals surface area contributed by atoms with Crippen LogP contribution >= 0.6 is 27.7 Å². The van der Waals surface area contributed by atoms with E-state index in [0.29, 0.717) is 33.2 Å². The van der Waals surface area contributed by atoms with E-state index in [4.69, 9.17) is 4.74 Å². The predicted octanol–water partition coefficient (Wildman–Crippen LogP) is 6.55. The first-order chi connectivity index (χ1) is 15.9. The maximum Gasteiger partial charge on any atom is 0.293 e. The molecule has 1 saturated heterocycles. The van der Waals surface area contributed by atoms with Gasteiger partial charge in [0.15, 0.2) is 0 Å². The number of hydrogen-bond donors (Lipinski definition) is 0. The van der Waals surface area contributed by atoms with Crippen LogP contribution in [0.4, 0.5) is 10.5 Å². The first-order valence-electron chi connectivity index (χ1n) is 10.8. The topological polar surface area (TPSA) is 89.7 Å². The third-order valence-corrected chi connectivity index (χ3v) is 7.34. The van der Waals surface area contributed by atoms with E-state index in [2.05, 4.69) is 15.9 Å². The summed E-state index contributed by atoms with van der Waals surface area (Å²) in [5.74, 6) is 0.755. The van der Waals surface area contributed by atoms with Gasteiger partial charge in [-0.2, -0.15) is 0 Å². The monoisotopic (exact) mass is 530 g/mol. The normalized spacial score (nSPS) is 18.2. The van der Waals surface area contributed by atoms with Crippen LogP contribution in [0.25, 0.3) is 6.08 Å². The second-order valence-electron chi connectivity index (χ2n) is 8.20. The minimum Gasteiger partial charge on any atom is -0.488 e. The average molecular weight is 531 g/mol. The molecule has 0 atom stereocenters. The van der Waals surface area contributed by atoms with Gasteiger partial charge in [-0.1, -0.05) is 37.5 Å². The van der Waals surface area contributed by atoms with Crippen LogP contribution in [0.5, 0.6) is 5.75 Å². The van der Waals surface area contributed by atoms with Crippen molar-refractivity contribution in [1.82, 2.24) is 4.90 Å². The Hall–Kier alpha value is -2.65. The van der Waals surface area contributed by atoms with Crippen molar-refractivity contribution in [3.8, 4) is 5.75 Å². The Morgan fingerprint density at radius 2 is 1.94 bits per heavy atom. The molecule has 0 bridgehead atoms. The molecule has 1 saturated carbocycles. The number of thioether (sulfide) groups is 1. The molecule has 7 nitrogen and oxygen atoms in total. The van der Waals surface area contributed by atoms with E-state index in [-0.39, 0.29) is 23.4 Å². The summed E-state index contributed by atoms with van der Waals surface area (Å²) in [6.07, 6.45) is 7.44. The molecular weight excluding hydrogens is 508 g/mol. The Bertz CT molecular complexity index is 1110. The lowest BCUT2D eigenvalue weighted by Gasteiger charge is -2.25. The molecule has 1 aliphatic heterocycles. The molecule has 2 aromatic rings. The Morgan fingerprint density at radius 3 is 2.67 bits per heavy atom. The Morgan fingerprint density at radius 1 is 1.15 bits per heavy atom. The van der Waals surface area contributed by atoms with Gasteiger partial charge in [0, 0.05) is 18.7 Å². The molecule has 2 amide bonds. The van der Waals surface area contributed by atoms with E-state index in [0.717, 1.165) is 30.2 Å². The van der Waals surface area contributed by atoms with Crippen LogP contribution in [-0.2, 0) is 11.4 Å². The highest BCUT2D eigenvalue weighted by atomic mass is 79.9. The van der Waals surface area contributed by atoms with Gasteiger partial charge >= 0.3 is 0 Å². The number of rotatable bonds is 7. The molecular formula is C24H23BrN2O5S. The SMILES string of the molecule is O=C1S/C(=C/c2ccc(OCc3cccc([N+](=O)[O-])c3)c(Br)c2)C(=O)N1CC1CCCCC1. The average Bonchev–Trinajstić information content (AvgIpc) is 3.06. The summed E-state index contributed by atoms with van der Waals surface area (Å²) in [5, 5.41) is 10.7. The van der Waals surface area contributed by atoms with Gasteiger partial charge in [-0.25, -0.2) is 0 Å². The second-order valence-corrected chi connectivity index (χ2v) is 10.0. The molecule has 0 spiro atoms. The van der Waals surface area contributed by atoms with Gasteiger partial charge in [0.2, 0.25) is 0 Å². The summed E-state index contributed by atoms with van der Waals surface area (Å²) in [4.78, 5) is 37.5. The predicted molar refractivity (Wildman–Crippen MR) is 131 cm³/mol. The van der Waals surface area contributed by atoms with Gasteiger partial charge in [-0.3, -0.25) is 24.6 Å². The molecule has 0 aromatic heterocycles. The zero-order valence-electron chi connectivity index (χ0n) is 17.9. The van der Waals surface area contributed by atoms with Crippen molar-refractivity contribution >= 4 is 50.6 Å². The van der Waals surface area contributed by atoms with Crippen LogP contribution in [0.3, 0.4) is 0 Å². The number of carbonyl (C=O) groups is 2. The molecule has 1 heterocycles. The van der Waals surface area contributed by atoms with Crippen molar-refractivity contribution in [2.24, 2.45) is 5.92 Å². The van der Waals surface area contributed by atoms with E-state index in [9.17, 15) is 19.7 Å². The zero-order valence-corrected chi connectivity index (χ0v) is 20.3. The van der Waals surface area contributed by atoms with Gasteiger partial charge in [-0.15, -0.1) is 0 Å². The fourth-order valence-corrected chi connectivity index (χ4v) is 5.44. The van der Waals surface area contributed by atoms with E-state index in [1.807, 2.05) is 12.1 Å². The number of hydrogen-bond acceptors (Lipinski definition) is 6. The molecule has 2 fully saturated rings. The van der Waals surface area contributed by atoms with Crippen molar-refractivity contribution in [2.75, 3.05) is 6.54 Å². The van der Waals surface area contributed by atoms with Crippen molar-refractivity contribution in [3.63, 3.8) is 0 Å². The maximum atomic E-state index is 12.8. The third kappa shape index (κ3) is 5.83. The van der Waals surface area contributed by atoms with Crippen molar-refractivity contribution in [2.45, 2.75) is 38.7 Å². The first-order valence-corrected chi connectivity index (χ1v) is 12.4. The second kappa shape index (κ2) is 10.5. The number of amides is 2. The Balaban J connectivity index is 1.41. The van der Waals surface area contributed by atoms with Gasteiger partial charge in [0.1, 0.15) is 12.4 Å². The Labute approximate surface area is 204 Å². The summed E-state index contributed by atoms with van der Waals surface area (Å²) in [5.41, 5.74) is 1.47. The van der Waals surface area contributed by atoms with Gasteiger partial charge in [0.05, 0.1) is 14.3 Å². The van der Waals surface area contributed by atoms with Gasteiger partial charge in [0.25, 0.3) is 16.8 Å². The van der Waals surface area contributed by atoms with Crippen LogP contribution in [-0.4, -0.2) is 27.5 Å². The highest BCUT2D eigenvalue weighted by Gasteiger charge is 2.36. The number of benzene rings is 2. The number of nitro groups is 1. The minimum absolute atomic E-state index is 0.0166. The smallest absolute Gasteiger partial charge is 0.293 e. The summed E-state index contributed by atoms with van der Waals surface area (Å²) in [6, 6.07) is 11.7. The number of halogens is 1. The van der Waals surface area contributed by atoms with E-state index in [1.54, 1.807) is 24.3 Å². The molecule has 0 N–H and O–H groups in total. The molecule has 0 unspecified atom stereocenters. The van der Waals surface area contributed by atoms with Crippen molar-refractivity contribution < 1.29 is 19.2 Å². The van der Waals surface area contributed by atoms with Gasteiger partial charge in [-0.05, 0) is 75.8 Å². The summed E-state index contributed by atoms with van der Waals surface area (Å²) in [7, 11) is 0. The maximum absolute atomic E-state index is 12.8. The van der Waals surface area contributed by atoms with E-state index < -0.39 is 4.92 Å². The third-order valence-electron chi connectivity index (χ3n) is 5.81. The number of imide groups is 1. The minimum atomic E-state index is -0.439. The molecule has 172 valence electrons. The van der Waals surface area contributed by atoms with Crippen LogP contribution < -0.4 is 4.74 Å². The first kappa shape index (κ1) is 23.5. The number of ether oxygens (including phenoxy) is 1. The van der Waals surface area contributed by atoms with Crippen molar-refractivity contribution in [1.29, 1.82) is 0 Å². The number of carbonyl (C=O) groups excluding carboxylic acids is 2. The van der Waals surface area contributed by atoms with E-state index in [1.165, 1.54) is 36.3 Å². The lowest BCUT2D eigenvalue weighted by atomic mass is 9.89. The van der Waals surface area contributed by atoms with Crippen LogP contribution in [0, 0.1) is 16.0 Å².